The van der Waals surface area contributed by atoms with Crippen molar-refractivity contribution in [3.05, 3.63) is 54.1 Å². The molecule has 274 valence electrons. The van der Waals surface area contributed by atoms with Crippen LogP contribution in [0.5, 0.6) is 5.75 Å². The van der Waals surface area contributed by atoms with Crippen molar-refractivity contribution < 1.29 is 43.7 Å². The molecule has 0 saturated heterocycles. The molecule has 0 aliphatic rings. The molecular weight excluding hydrogens is 666 g/mol. The molecule has 2 rings (SSSR count). The smallest absolute Gasteiger partial charge is 0.327 e. The van der Waals surface area contributed by atoms with Crippen LogP contribution in [0.15, 0.2) is 48.5 Å². The van der Waals surface area contributed by atoms with E-state index >= 15 is 0 Å². The van der Waals surface area contributed by atoms with Gasteiger partial charge in [0.1, 0.15) is 23.9 Å². The van der Waals surface area contributed by atoms with Gasteiger partial charge in [0, 0.05) is 23.5 Å². The van der Waals surface area contributed by atoms with Gasteiger partial charge in [0.15, 0.2) is 0 Å². The third-order valence-electron chi connectivity index (χ3n) is 7.06. The number of benzene rings is 2. The highest BCUT2D eigenvalue weighted by Gasteiger charge is 2.28. The Balaban J connectivity index is 1.90. The Labute approximate surface area is 296 Å². The number of anilines is 2. The van der Waals surface area contributed by atoms with E-state index in [1.54, 1.807) is 55.6 Å². The number of hydrogen-bond donors (Lipinski definition) is 7. The highest BCUT2D eigenvalue weighted by molar-refractivity contribution is 7.99. The normalized spacial score (nSPS) is 12.9. The predicted molar refractivity (Wildman–Crippen MR) is 192 cm³/mol. The van der Waals surface area contributed by atoms with E-state index in [4.69, 9.17) is 4.74 Å². The second kappa shape index (κ2) is 20.0. The molecule has 0 saturated carbocycles. The first-order valence-corrected chi connectivity index (χ1v) is 17.3. The maximum Gasteiger partial charge on any atom is 0.327 e. The quantitative estimate of drug-likeness (QED) is 0.103. The first-order valence-electron chi connectivity index (χ1n) is 16.2. The summed E-state index contributed by atoms with van der Waals surface area (Å²) in [6, 6.07) is 9.60. The number of rotatable bonds is 19. The van der Waals surface area contributed by atoms with Crippen LogP contribution in [0, 0.1) is 11.3 Å². The van der Waals surface area contributed by atoms with Gasteiger partial charge in [0.2, 0.25) is 17.7 Å². The molecule has 0 spiro atoms. The number of thioether (sulfide) groups is 1. The molecule has 15 heteroatoms. The Bertz CT molecular complexity index is 1460. The summed E-state index contributed by atoms with van der Waals surface area (Å²) in [5.74, 6) is -3.07. The Morgan fingerprint density at radius 3 is 1.80 bits per heavy atom. The summed E-state index contributed by atoms with van der Waals surface area (Å²) in [6.45, 7) is 9.33. The van der Waals surface area contributed by atoms with Crippen molar-refractivity contribution in [1.82, 2.24) is 16.0 Å². The third-order valence-corrected chi connectivity index (χ3v) is 8.15. The molecule has 5 amide bonds. The summed E-state index contributed by atoms with van der Waals surface area (Å²) < 4.78 is 5.10. The lowest BCUT2D eigenvalue weighted by atomic mass is 9.92. The maximum atomic E-state index is 13.2. The standard InChI is InChI=1S/C35H49N5O9S/c1-21(2)17-27(31(43)40-26(32(44)45)15-16-50-20-28(33(46)47)39-30(42)19-35(3,4)5)38-29(41)18-22-7-9-23(10-8-22)36-34(48)37-24-11-13-25(49-6)14-12-24/h7-14,21,26-28H,15-20H2,1-6H3,(H,38,41)(H,39,42)(H,40,43)(H,44,45)(H,46,47)(H2,36,37,48). The molecule has 3 unspecified atom stereocenters. The van der Waals surface area contributed by atoms with Crippen molar-refractivity contribution in [3.63, 3.8) is 0 Å². The third kappa shape index (κ3) is 16.1. The summed E-state index contributed by atoms with van der Waals surface area (Å²) in [7, 11) is 1.55. The number of methoxy groups -OCH3 is 1. The van der Waals surface area contributed by atoms with Crippen molar-refractivity contribution in [1.29, 1.82) is 0 Å². The zero-order valence-electron chi connectivity index (χ0n) is 29.3. The molecule has 50 heavy (non-hydrogen) atoms. The van der Waals surface area contributed by atoms with E-state index in [1.165, 1.54) is 0 Å². The fourth-order valence-corrected chi connectivity index (χ4v) is 5.67. The highest BCUT2D eigenvalue weighted by atomic mass is 32.2. The highest BCUT2D eigenvalue weighted by Crippen LogP contribution is 2.19. The lowest BCUT2D eigenvalue weighted by molar-refractivity contribution is -0.142. The second-order valence-electron chi connectivity index (χ2n) is 13.4. The lowest BCUT2D eigenvalue weighted by Gasteiger charge is -2.23. The van der Waals surface area contributed by atoms with E-state index in [2.05, 4.69) is 26.6 Å². The van der Waals surface area contributed by atoms with Crippen LogP contribution in [0.1, 0.15) is 59.4 Å². The van der Waals surface area contributed by atoms with Crippen molar-refractivity contribution in [2.75, 3.05) is 29.2 Å². The van der Waals surface area contributed by atoms with Gasteiger partial charge < -0.3 is 41.5 Å². The maximum absolute atomic E-state index is 13.2. The van der Waals surface area contributed by atoms with E-state index in [9.17, 15) is 39.0 Å². The Morgan fingerprint density at radius 1 is 0.760 bits per heavy atom. The van der Waals surface area contributed by atoms with Gasteiger partial charge in [0.25, 0.3) is 0 Å². The van der Waals surface area contributed by atoms with E-state index in [0.717, 1.165) is 11.8 Å². The molecule has 2 aromatic rings. The van der Waals surface area contributed by atoms with Gasteiger partial charge in [-0.05, 0) is 71.9 Å². The zero-order chi connectivity index (χ0) is 37.4. The van der Waals surface area contributed by atoms with E-state index in [-0.39, 0.29) is 54.4 Å². The molecule has 0 heterocycles. The first-order chi connectivity index (χ1) is 23.4. The van der Waals surface area contributed by atoms with Crippen LogP contribution < -0.4 is 31.3 Å². The number of carbonyl (C=O) groups is 6. The molecule has 3 atom stereocenters. The minimum atomic E-state index is -1.28. The number of nitrogens with one attached hydrogen (secondary N) is 5. The van der Waals surface area contributed by atoms with Crippen LogP contribution in [0.4, 0.5) is 16.2 Å². The summed E-state index contributed by atoms with van der Waals surface area (Å²) in [5.41, 5.74) is 1.39. The van der Waals surface area contributed by atoms with Gasteiger partial charge in [-0.1, -0.05) is 46.8 Å². The molecule has 2 aromatic carbocycles. The average Bonchev–Trinajstić information content (AvgIpc) is 3.01. The van der Waals surface area contributed by atoms with Crippen molar-refractivity contribution in [3.8, 4) is 5.75 Å². The second-order valence-corrected chi connectivity index (χ2v) is 14.5. The summed E-state index contributed by atoms with van der Waals surface area (Å²) in [6.07, 6.45) is 0.351. The van der Waals surface area contributed by atoms with Gasteiger partial charge in [0.05, 0.1) is 13.5 Å². The molecule has 0 aliphatic heterocycles. The molecule has 0 fully saturated rings. The van der Waals surface area contributed by atoms with Crippen LogP contribution in [-0.2, 0) is 30.4 Å². The Hall–Kier alpha value is -4.79. The lowest BCUT2D eigenvalue weighted by Crippen LogP contribution is -2.52. The van der Waals surface area contributed by atoms with Crippen molar-refractivity contribution in [2.24, 2.45) is 11.3 Å². The summed E-state index contributed by atoms with van der Waals surface area (Å²) in [4.78, 5) is 74.3. The van der Waals surface area contributed by atoms with Gasteiger partial charge >= 0.3 is 18.0 Å². The number of urea groups is 1. The number of amides is 5. The number of hydrogen-bond acceptors (Lipinski definition) is 8. The number of aliphatic carboxylic acids is 2. The predicted octanol–water partition coefficient (Wildman–Crippen LogP) is 4.11. The Morgan fingerprint density at radius 2 is 1.30 bits per heavy atom. The van der Waals surface area contributed by atoms with E-state index in [1.807, 2.05) is 34.6 Å². The Kier molecular flexibility index (Phi) is 16.6. The molecule has 0 aromatic heterocycles. The van der Waals surface area contributed by atoms with Crippen molar-refractivity contribution >= 4 is 58.8 Å². The number of ether oxygens (including phenoxy) is 1. The van der Waals surface area contributed by atoms with Gasteiger partial charge in [-0.15, -0.1) is 0 Å². The fraction of sp³-hybridized carbons (Fsp3) is 0.486. The zero-order valence-corrected chi connectivity index (χ0v) is 30.1. The topological polar surface area (TPSA) is 212 Å². The SMILES string of the molecule is COc1ccc(NC(=O)Nc2ccc(CC(=O)NC(CC(C)C)C(=O)NC(CCSCC(NC(=O)CC(C)(C)C)C(=O)O)C(=O)O)cc2)cc1. The van der Waals surface area contributed by atoms with Crippen LogP contribution in [0.25, 0.3) is 0 Å². The average molecular weight is 716 g/mol. The van der Waals surface area contributed by atoms with Gasteiger partial charge in [-0.2, -0.15) is 11.8 Å². The van der Waals surface area contributed by atoms with Crippen LogP contribution in [0.3, 0.4) is 0 Å². The molecule has 14 nitrogen and oxygen atoms in total. The largest absolute Gasteiger partial charge is 0.497 e. The monoisotopic (exact) mass is 715 g/mol. The molecular formula is C35H49N5O9S. The first kappa shape index (κ1) is 41.4. The van der Waals surface area contributed by atoms with Gasteiger partial charge in [-0.3, -0.25) is 14.4 Å². The van der Waals surface area contributed by atoms with Crippen molar-refractivity contribution in [2.45, 2.75) is 78.4 Å². The van der Waals surface area contributed by atoms with Crippen LogP contribution >= 0.6 is 11.8 Å². The molecule has 7 N–H and O–H groups in total. The van der Waals surface area contributed by atoms with E-state index in [0.29, 0.717) is 22.7 Å². The summed E-state index contributed by atoms with van der Waals surface area (Å²) >= 11 is 1.15. The van der Waals surface area contributed by atoms with Crippen LogP contribution in [-0.4, -0.2) is 82.6 Å². The number of carbonyl (C=O) groups excluding carboxylic acids is 4. The van der Waals surface area contributed by atoms with Gasteiger partial charge in [-0.25, -0.2) is 14.4 Å². The minimum absolute atomic E-state index is 0.000693. The molecule has 0 aliphatic carbocycles. The van der Waals surface area contributed by atoms with E-state index < -0.39 is 47.9 Å². The molecule has 0 bridgehead atoms. The summed E-state index contributed by atoms with van der Waals surface area (Å²) in [5, 5.41) is 32.4. The minimum Gasteiger partial charge on any atom is -0.497 e. The number of carboxylic acids is 2. The van der Waals surface area contributed by atoms with Crippen LogP contribution in [0.2, 0.25) is 0 Å². The number of carboxylic acid groups (broad SMARTS) is 2. The molecule has 0 radical (unpaired) electrons. The fourth-order valence-electron chi connectivity index (χ4n) is 4.64.